The Hall–Kier alpha value is -0.800. The van der Waals surface area contributed by atoms with Gasteiger partial charge in [-0.2, -0.15) is 0 Å². The molecule has 2 N–H and O–H groups in total. The molecule has 4 heteroatoms. The molecule has 0 saturated carbocycles. The second-order valence-electron chi connectivity index (χ2n) is 3.07. The lowest BCUT2D eigenvalue weighted by Crippen LogP contribution is -2.18. The zero-order chi connectivity index (χ0) is 10.6. The fraction of sp³-hybridized carbons (Fsp3) is 0.400. The fourth-order valence-electron chi connectivity index (χ4n) is 1.01. The first-order chi connectivity index (χ1) is 6.63. The SMILES string of the molecule is CCC(O)CNc1cc(Cl)ccc1F. The third-order valence-corrected chi connectivity index (χ3v) is 2.16. The van der Waals surface area contributed by atoms with Gasteiger partial charge in [-0.25, -0.2) is 4.39 Å². The number of halogens is 2. The molecule has 0 aromatic heterocycles. The molecule has 0 saturated heterocycles. The summed E-state index contributed by atoms with van der Waals surface area (Å²) in [6, 6.07) is 4.28. The van der Waals surface area contributed by atoms with Crippen molar-refractivity contribution >= 4 is 17.3 Å². The van der Waals surface area contributed by atoms with Crippen molar-refractivity contribution in [2.45, 2.75) is 19.4 Å². The highest BCUT2D eigenvalue weighted by molar-refractivity contribution is 6.30. The Morgan fingerprint density at radius 1 is 1.57 bits per heavy atom. The molecule has 14 heavy (non-hydrogen) atoms. The minimum absolute atomic E-state index is 0.324. The molecule has 78 valence electrons. The van der Waals surface area contributed by atoms with Crippen LogP contribution in [0.1, 0.15) is 13.3 Å². The largest absolute Gasteiger partial charge is 0.391 e. The molecule has 1 aromatic rings. The lowest BCUT2D eigenvalue weighted by molar-refractivity contribution is 0.183. The Kier molecular flexibility index (Phi) is 4.17. The minimum Gasteiger partial charge on any atom is -0.391 e. The highest BCUT2D eigenvalue weighted by atomic mass is 35.5. The quantitative estimate of drug-likeness (QED) is 0.813. The predicted octanol–water partition coefficient (Wildman–Crippen LogP) is 2.66. The summed E-state index contributed by atoms with van der Waals surface area (Å²) in [5.74, 6) is -0.363. The van der Waals surface area contributed by atoms with Gasteiger partial charge in [-0.05, 0) is 24.6 Å². The summed E-state index contributed by atoms with van der Waals surface area (Å²) < 4.78 is 13.1. The van der Waals surface area contributed by atoms with Gasteiger partial charge in [0.15, 0.2) is 0 Å². The van der Waals surface area contributed by atoms with E-state index >= 15 is 0 Å². The van der Waals surface area contributed by atoms with Crippen molar-refractivity contribution in [3.8, 4) is 0 Å². The fourth-order valence-corrected chi connectivity index (χ4v) is 1.18. The molecular weight excluding hydrogens is 205 g/mol. The van der Waals surface area contributed by atoms with Crippen molar-refractivity contribution in [2.24, 2.45) is 0 Å². The highest BCUT2D eigenvalue weighted by Crippen LogP contribution is 2.19. The smallest absolute Gasteiger partial charge is 0.146 e. The first kappa shape index (κ1) is 11.3. The van der Waals surface area contributed by atoms with Crippen LogP contribution >= 0.6 is 11.6 Å². The third kappa shape index (κ3) is 3.16. The molecule has 1 atom stereocenters. The predicted molar refractivity (Wildman–Crippen MR) is 56.2 cm³/mol. The summed E-state index contributed by atoms with van der Waals surface area (Å²) in [6.45, 7) is 2.19. The van der Waals surface area contributed by atoms with Crippen LogP contribution in [0.3, 0.4) is 0 Å². The molecule has 0 fully saturated rings. The topological polar surface area (TPSA) is 32.3 Å². The highest BCUT2D eigenvalue weighted by Gasteiger charge is 2.04. The number of anilines is 1. The molecule has 0 bridgehead atoms. The Balaban J connectivity index is 2.62. The van der Waals surface area contributed by atoms with Crippen molar-refractivity contribution in [3.05, 3.63) is 29.0 Å². The van der Waals surface area contributed by atoms with E-state index in [0.29, 0.717) is 23.7 Å². The Morgan fingerprint density at radius 2 is 2.29 bits per heavy atom. The molecular formula is C10H13ClFNO. The van der Waals surface area contributed by atoms with Gasteiger partial charge < -0.3 is 10.4 Å². The normalized spacial score (nSPS) is 12.6. The van der Waals surface area contributed by atoms with Crippen LogP contribution in [-0.2, 0) is 0 Å². The second kappa shape index (κ2) is 5.17. The number of aliphatic hydroxyl groups is 1. The Bertz CT molecular complexity index is 306. The average Bonchev–Trinajstić information content (AvgIpc) is 2.19. The van der Waals surface area contributed by atoms with Gasteiger partial charge in [0.05, 0.1) is 11.8 Å². The third-order valence-electron chi connectivity index (χ3n) is 1.93. The van der Waals surface area contributed by atoms with E-state index in [1.807, 2.05) is 6.92 Å². The molecule has 1 rings (SSSR count). The zero-order valence-electron chi connectivity index (χ0n) is 7.93. The summed E-state index contributed by atoms with van der Waals surface area (Å²) in [7, 11) is 0. The van der Waals surface area contributed by atoms with Crippen molar-refractivity contribution in [2.75, 3.05) is 11.9 Å². The average molecular weight is 218 g/mol. The molecule has 1 unspecified atom stereocenters. The number of hydrogen-bond donors (Lipinski definition) is 2. The van der Waals surface area contributed by atoms with Crippen LogP contribution in [0, 0.1) is 5.82 Å². The number of benzene rings is 1. The molecule has 0 spiro atoms. The van der Waals surface area contributed by atoms with Crippen LogP contribution in [0.25, 0.3) is 0 Å². The summed E-state index contributed by atoms with van der Waals surface area (Å²) >= 11 is 5.70. The van der Waals surface area contributed by atoms with Crippen molar-refractivity contribution in [3.63, 3.8) is 0 Å². The number of aliphatic hydroxyl groups excluding tert-OH is 1. The van der Waals surface area contributed by atoms with Crippen LogP contribution in [0.2, 0.25) is 5.02 Å². The molecule has 0 radical (unpaired) electrons. The van der Waals surface area contributed by atoms with E-state index in [1.54, 1.807) is 0 Å². The first-order valence-corrected chi connectivity index (χ1v) is 4.88. The summed E-state index contributed by atoms with van der Waals surface area (Å²) in [6.07, 6.45) is 0.170. The first-order valence-electron chi connectivity index (χ1n) is 4.50. The zero-order valence-corrected chi connectivity index (χ0v) is 8.68. The maximum absolute atomic E-state index is 13.1. The van der Waals surface area contributed by atoms with E-state index in [1.165, 1.54) is 18.2 Å². The van der Waals surface area contributed by atoms with E-state index in [0.717, 1.165) is 0 Å². The maximum Gasteiger partial charge on any atom is 0.146 e. The maximum atomic E-state index is 13.1. The van der Waals surface area contributed by atoms with Gasteiger partial charge in [0.1, 0.15) is 5.82 Å². The second-order valence-corrected chi connectivity index (χ2v) is 3.50. The van der Waals surface area contributed by atoms with Gasteiger partial charge >= 0.3 is 0 Å². The van der Waals surface area contributed by atoms with Crippen molar-refractivity contribution < 1.29 is 9.50 Å². The molecule has 0 aliphatic carbocycles. The van der Waals surface area contributed by atoms with Crippen LogP contribution < -0.4 is 5.32 Å². The number of nitrogens with one attached hydrogen (secondary N) is 1. The van der Waals surface area contributed by atoms with E-state index in [2.05, 4.69) is 5.32 Å². The van der Waals surface area contributed by atoms with E-state index in [-0.39, 0.29) is 5.82 Å². The van der Waals surface area contributed by atoms with Crippen LogP contribution in [0.5, 0.6) is 0 Å². The lowest BCUT2D eigenvalue weighted by Gasteiger charge is -2.11. The van der Waals surface area contributed by atoms with Crippen LogP contribution in [0.15, 0.2) is 18.2 Å². The summed E-state index contributed by atoms with van der Waals surface area (Å²) in [5.41, 5.74) is 0.324. The van der Waals surface area contributed by atoms with E-state index < -0.39 is 6.10 Å². The standard InChI is InChI=1S/C10H13ClFNO/c1-2-8(14)6-13-10-5-7(11)3-4-9(10)12/h3-5,8,13-14H,2,6H2,1H3. The van der Waals surface area contributed by atoms with Crippen molar-refractivity contribution in [1.29, 1.82) is 0 Å². The van der Waals surface area contributed by atoms with Gasteiger partial charge in [-0.3, -0.25) is 0 Å². The molecule has 2 nitrogen and oxygen atoms in total. The monoisotopic (exact) mass is 217 g/mol. The van der Waals surface area contributed by atoms with Crippen LogP contribution in [-0.4, -0.2) is 17.8 Å². The molecule has 0 aliphatic rings. The number of hydrogen-bond acceptors (Lipinski definition) is 2. The van der Waals surface area contributed by atoms with Crippen LogP contribution in [0.4, 0.5) is 10.1 Å². The minimum atomic E-state index is -0.464. The molecule has 0 heterocycles. The van der Waals surface area contributed by atoms with Gasteiger partial charge in [-0.1, -0.05) is 18.5 Å². The molecule has 0 aliphatic heterocycles. The van der Waals surface area contributed by atoms with Crippen molar-refractivity contribution in [1.82, 2.24) is 0 Å². The lowest BCUT2D eigenvalue weighted by atomic mass is 10.2. The molecule has 0 amide bonds. The van der Waals surface area contributed by atoms with E-state index in [4.69, 9.17) is 11.6 Å². The van der Waals surface area contributed by atoms with Gasteiger partial charge in [0.2, 0.25) is 0 Å². The van der Waals surface area contributed by atoms with Gasteiger partial charge in [-0.15, -0.1) is 0 Å². The summed E-state index contributed by atoms with van der Waals surface area (Å²) in [5, 5.41) is 12.5. The van der Waals surface area contributed by atoms with Gasteiger partial charge in [0.25, 0.3) is 0 Å². The molecule has 1 aromatic carbocycles. The number of rotatable bonds is 4. The van der Waals surface area contributed by atoms with E-state index in [9.17, 15) is 9.50 Å². The Morgan fingerprint density at radius 3 is 2.93 bits per heavy atom. The summed E-state index contributed by atoms with van der Waals surface area (Å²) in [4.78, 5) is 0. The Labute approximate surface area is 87.7 Å². The van der Waals surface area contributed by atoms with Gasteiger partial charge in [0, 0.05) is 11.6 Å².